The van der Waals surface area contributed by atoms with Crippen molar-refractivity contribution in [1.29, 1.82) is 5.41 Å². The number of unbranched alkanes of at least 4 members (excludes halogenated alkanes) is 10. The van der Waals surface area contributed by atoms with Crippen molar-refractivity contribution < 1.29 is 9.53 Å². The van der Waals surface area contributed by atoms with Crippen LogP contribution in [0.3, 0.4) is 0 Å². The molecule has 1 unspecified atom stereocenters. The van der Waals surface area contributed by atoms with Crippen LogP contribution in [0.25, 0.3) is 0 Å². The molecule has 1 saturated heterocycles. The monoisotopic (exact) mass is 338 g/mol. The molecule has 1 atom stereocenters. The van der Waals surface area contributed by atoms with Gasteiger partial charge in [0.25, 0.3) is 0 Å². The maximum Gasteiger partial charge on any atom is 0.190 e. The third-order valence-corrected chi connectivity index (χ3v) is 5.04. The van der Waals surface area contributed by atoms with Gasteiger partial charge in [-0.3, -0.25) is 9.69 Å². The molecule has 0 amide bonds. The Kier molecular flexibility index (Phi) is 13.0. The van der Waals surface area contributed by atoms with E-state index in [0.717, 1.165) is 32.1 Å². The summed E-state index contributed by atoms with van der Waals surface area (Å²) in [6.07, 6.45) is 16.5. The Morgan fingerprint density at radius 3 is 1.96 bits per heavy atom. The number of hydrogen-bond donors (Lipinski definition) is 1. The van der Waals surface area contributed by atoms with Gasteiger partial charge in [0, 0.05) is 13.1 Å². The van der Waals surface area contributed by atoms with Gasteiger partial charge < -0.3 is 10.1 Å². The Balaban J connectivity index is 2.04. The molecule has 1 aliphatic heterocycles. The van der Waals surface area contributed by atoms with Crippen LogP contribution in [-0.2, 0) is 9.53 Å². The van der Waals surface area contributed by atoms with Crippen molar-refractivity contribution in [3.8, 4) is 0 Å². The van der Waals surface area contributed by atoms with Crippen molar-refractivity contribution >= 4 is 12.0 Å². The van der Waals surface area contributed by atoms with E-state index in [9.17, 15) is 4.79 Å². The van der Waals surface area contributed by atoms with Crippen LogP contribution < -0.4 is 0 Å². The first-order valence-corrected chi connectivity index (χ1v) is 10.2. The Morgan fingerprint density at radius 1 is 0.958 bits per heavy atom. The van der Waals surface area contributed by atoms with Gasteiger partial charge in [-0.2, -0.15) is 0 Å². The van der Waals surface area contributed by atoms with E-state index < -0.39 is 0 Å². The number of morpholine rings is 1. The smallest absolute Gasteiger partial charge is 0.190 e. The summed E-state index contributed by atoms with van der Waals surface area (Å²) < 4.78 is 5.36. The lowest BCUT2D eigenvalue weighted by atomic mass is 10.0. The van der Waals surface area contributed by atoms with Gasteiger partial charge in [-0.25, -0.2) is 0 Å². The van der Waals surface area contributed by atoms with Crippen molar-refractivity contribution in [3.63, 3.8) is 0 Å². The molecule has 4 heteroatoms. The molecule has 1 aliphatic rings. The molecule has 1 heterocycles. The summed E-state index contributed by atoms with van der Waals surface area (Å²) in [4.78, 5) is 14.2. The molecule has 1 rings (SSSR count). The molecular formula is C20H38N2O2. The Labute approximate surface area is 148 Å². The lowest BCUT2D eigenvalue weighted by Gasteiger charge is -2.32. The molecule has 0 aromatic carbocycles. The number of rotatable bonds is 15. The van der Waals surface area contributed by atoms with Gasteiger partial charge in [-0.1, -0.05) is 77.6 Å². The molecule has 0 aromatic rings. The molecule has 0 saturated carbocycles. The van der Waals surface area contributed by atoms with Crippen molar-refractivity contribution in [1.82, 2.24) is 4.90 Å². The molecule has 4 nitrogen and oxygen atoms in total. The summed E-state index contributed by atoms with van der Waals surface area (Å²) in [5, 5.41) is 7.28. The molecular weight excluding hydrogens is 300 g/mol. The van der Waals surface area contributed by atoms with E-state index in [1.165, 1.54) is 64.2 Å². The fourth-order valence-corrected chi connectivity index (χ4v) is 3.49. The molecule has 0 bridgehead atoms. The van der Waals surface area contributed by atoms with Gasteiger partial charge in [0.1, 0.15) is 0 Å². The molecule has 140 valence electrons. The first-order chi connectivity index (χ1) is 11.8. The van der Waals surface area contributed by atoms with Crippen LogP contribution in [0, 0.1) is 5.41 Å². The highest BCUT2D eigenvalue weighted by molar-refractivity contribution is 6.28. The van der Waals surface area contributed by atoms with Crippen LogP contribution in [0.1, 0.15) is 84.0 Å². The van der Waals surface area contributed by atoms with E-state index in [0.29, 0.717) is 13.2 Å². The van der Waals surface area contributed by atoms with Gasteiger partial charge in [0.15, 0.2) is 5.78 Å². The fourth-order valence-electron chi connectivity index (χ4n) is 3.49. The minimum absolute atomic E-state index is 0.0380. The average molecular weight is 339 g/mol. The molecule has 1 N–H and O–H groups in total. The molecule has 0 spiro atoms. The van der Waals surface area contributed by atoms with Crippen molar-refractivity contribution in [3.05, 3.63) is 0 Å². The van der Waals surface area contributed by atoms with Crippen molar-refractivity contribution in [2.24, 2.45) is 0 Å². The summed E-state index contributed by atoms with van der Waals surface area (Å²) in [6.45, 7) is 5.32. The standard InChI is InChI=1S/C20H38N2O2/c1-2-3-4-5-6-7-8-9-10-11-12-13-19(20(23)18-21)22-14-16-24-17-15-22/h18-19,21H,2-17H2,1H3. The number of nitrogens with zero attached hydrogens (tertiary/aromatic N) is 1. The zero-order valence-electron chi connectivity index (χ0n) is 15.7. The van der Waals surface area contributed by atoms with Crippen LogP contribution in [0.5, 0.6) is 0 Å². The summed E-state index contributed by atoms with van der Waals surface area (Å²) in [5.41, 5.74) is 0. The predicted octanol–water partition coefficient (Wildman–Crippen LogP) is 4.61. The Morgan fingerprint density at radius 2 is 1.46 bits per heavy atom. The summed E-state index contributed by atoms with van der Waals surface area (Å²) in [7, 11) is 0. The highest BCUT2D eigenvalue weighted by Crippen LogP contribution is 2.15. The third-order valence-electron chi connectivity index (χ3n) is 5.04. The van der Waals surface area contributed by atoms with E-state index in [1.54, 1.807) is 0 Å². The number of ether oxygens (including phenoxy) is 1. The van der Waals surface area contributed by atoms with Crippen LogP contribution in [0.15, 0.2) is 0 Å². The van der Waals surface area contributed by atoms with Crippen LogP contribution in [-0.4, -0.2) is 49.2 Å². The number of ketones is 1. The second kappa shape index (κ2) is 14.6. The highest BCUT2D eigenvalue weighted by atomic mass is 16.5. The average Bonchev–Trinajstić information content (AvgIpc) is 2.63. The van der Waals surface area contributed by atoms with E-state index in [-0.39, 0.29) is 11.8 Å². The van der Waals surface area contributed by atoms with E-state index in [4.69, 9.17) is 10.1 Å². The quantitative estimate of drug-likeness (QED) is 0.350. The summed E-state index contributed by atoms with van der Waals surface area (Å²) in [6, 6.07) is -0.0926. The van der Waals surface area contributed by atoms with Gasteiger partial charge in [0.2, 0.25) is 0 Å². The minimum Gasteiger partial charge on any atom is -0.379 e. The number of Topliss-reactive ketones (excluding diaryl/α,β-unsaturated/α-hetero) is 1. The first-order valence-electron chi connectivity index (χ1n) is 10.2. The third kappa shape index (κ3) is 9.53. The molecule has 0 aromatic heterocycles. The van der Waals surface area contributed by atoms with Gasteiger partial charge in [-0.05, 0) is 6.42 Å². The van der Waals surface area contributed by atoms with E-state index >= 15 is 0 Å². The zero-order chi connectivity index (χ0) is 17.5. The predicted molar refractivity (Wildman–Crippen MR) is 101 cm³/mol. The minimum atomic E-state index is -0.0926. The summed E-state index contributed by atoms with van der Waals surface area (Å²) in [5.74, 6) is -0.0380. The number of hydrogen-bond acceptors (Lipinski definition) is 4. The van der Waals surface area contributed by atoms with Crippen molar-refractivity contribution in [2.45, 2.75) is 90.0 Å². The van der Waals surface area contributed by atoms with Crippen LogP contribution in [0.2, 0.25) is 0 Å². The highest BCUT2D eigenvalue weighted by Gasteiger charge is 2.25. The fraction of sp³-hybridized carbons (Fsp3) is 0.900. The molecule has 24 heavy (non-hydrogen) atoms. The largest absolute Gasteiger partial charge is 0.379 e. The van der Waals surface area contributed by atoms with Gasteiger partial charge in [-0.15, -0.1) is 0 Å². The zero-order valence-corrected chi connectivity index (χ0v) is 15.7. The molecule has 0 radical (unpaired) electrons. The SMILES string of the molecule is CCCCCCCCCCCCCC(C(=O)C=N)N1CCOCC1. The number of carbonyl (C=O) groups is 1. The second-order valence-electron chi connectivity index (χ2n) is 7.04. The first kappa shape index (κ1) is 21.3. The lowest BCUT2D eigenvalue weighted by Crippen LogP contribution is -2.47. The van der Waals surface area contributed by atoms with E-state index in [2.05, 4.69) is 11.8 Å². The topological polar surface area (TPSA) is 53.4 Å². The molecule has 0 aliphatic carbocycles. The molecule has 1 fully saturated rings. The number of carbonyl (C=O) groups excluding carboxylic acids is 1. The normalized spacial score (nSPS) is 16.9. The van der Waals surface area contributed by atoms with Gasteiger partial charge in [0.05, 0.1) is 25.5 Å². The maximum atomic E-state index is 12.0. The Bertz CT molecular complexity index is 328. The van der Waals surface area contributed by atoms with E-state index in [1.807, 2.05) is 0 Å². The van der Waals surface area contributed by atoms with Crippen molar-refractivity contribution in [2.75, 3.05) is 26.3 Å². The number of nitrogens with one attached hydrogen (secondary N) is 1. The van der Waals surface area contributed by atoms with Crippen LogP contribution in [0.4, 0.5) is 0 Å². The van der Waals surface area contributed by atoms with Gasteiger partial charge >= 0.3 is 0 Å². The lowest BCUT2D eigenvalue weighted by molar-refractivity contribution is -0.119. The Hall–Kier alpha value is -0.740. The van der Waals surface area contributed by atoms with Crippen LogP contribution >= 0.6 is 0 Å². The summed E-state index contributed by atoms with van der Waals surface area (Å²) >= 11 is 0. The second-order valence-corrected chi connectivity index (χ2v) is 7.04. The maximum absolute atomic E-state index is 12.0.